The standard InChI is InChI=1S/C28H21N3O2S/c1-20-11-13-24(14-12-20)34(32,33)31-27-10-6-5-9-25(27)26-17-21(22(18-29)19-30)15-16-28(26,31)23-7-3-2-4-8-23/h2-16,26H,17H2,1H3/t26-,28+/m0/s1. The molecule has 0 aromatic heterocycles. The lowest BCUT2D eigenvalue weighted by Crippen LogP contribution is -2.49. The zero-order valence-corrected chi connectivity index (χ0v) is 19.3. The van der Waals surface area contributed by atoms with E-state index in [0.717, 1.165) is 16.7 Å². The maximum Gasteiger partial charge on any atom is 0.265 e. The Balaban J connectivity index is 1.85. The molecule has 0 N–H and O–H groups in total. The van der Waals surface area contributed by atoms with Crippen molar-refractivity contribution in [1.29, 1.82) is 10.5 Å². The van der Waals surface area contributed by atoms with Gasteiger partial charge >= 0.3 is 0 Å². The van der Waals surface area contributed by atoms with Crippen LogP contribution < -0.4 is 4.31 Å². The Kier molecular flexibility index (Phi) is 5.12. The van der Waals surface area contributed by atoms with Crippen LogP contribution in [0, 0.1) is 29.6 Å². The number of benzene rings is 3. The molecule has 34 heavy (non-hydrogen) atoms. The highest BCUT2D eigenvalue weighted by atomic mass is 32.2. The largest absolute Gasteiger partial charge is 0.265 e. The fourth-order valence-electron chi connectivity index (χ4n) is 5.13. The Morgan fingerprint density at radius 2 is 1.59 bits per heavy atom. The Morgan fingerprint density at radius 3 is 2.26 bits per heavy atom. The molecule has 0 saturated heterocycles. The SMILES string of the molecule is Cc1ccc(S(=O)(=O)N2c3ccccc3[C@@H]3CC(=C(C#N)C#N)C=C[C@@]32c2ccccc2)cc1. The maximum absolute atomic E-state index is 14.2. The number of nitriles is 2. The van der Waals surface area contributed by atoms with Gasteiger partial charge < -0.3 is 0 Å². The van der Waals surface area contributed by atoms with Gasteiger partial charge in [0.2, 0.25) is 0 Å². The molecule has 2 aliphatic rings. The van der Waals surface area contributed by atoms with Gasteiger partial charge in [-0.05, 0) is 48.2 Å². The van der Waals surface area contributed by atoms with Gasteiger partial charge in [-0.25, -0.2) is 8.42 Å². The Labute approximate surface area is 199 Å². The summed E-state index contributed by atoms with van der Waals surface area (Å²) >= 11 is 0. The fraction of sp³-hybridized carbons (Fsp3) is 0.143. The quantitative estimate of drug-likeness (QED) is 0.481. The number of hydrogen-bond acceptors (Lipinski definition) is 4. The minimum atomic E-state index is -3.96. The van der Waals surface area contributed by atoms with Crippen LogP contribution in [-0.4, -0.2) is 8.42 Å². The van der Waals surface area contributed by atoms with Gasteiger partial charge in [-0.1, -0.05) is 78.4 Å². The van der Waals surface area contributed by atoms with Gasteiger partial charge in [0.15, 0.2) is 0 Å². The van der Waals surface area contributed by atoms with Gasteiger partial charge in [0.25, 0.3) is 10.0 Å². The summed E-state index contributed by atoms with van der Waals surface area (Å²) in [5.41, 5.74) is 2.93. The van der Waals surface area contributed by atoms with Crippen molar-refractivity contribution in [2.45, 2.75) is 29.7 Å². The number of sulfonamides is 1. The summed E-state index contributed by atoms with van der Waals surface area (Å²) in [4.78, 5) is 0.216. The van der Waals surface area contributed by atoms with Crippen molar-refractivity contribution in [2.24, 2.45) is 0 Å². The van der Waals surface area contributed by atoms with Crippen molar-refractivity contribution in [3.63, 3.8) is 0 Å². The van der Waals surface area contributed by atoms with E-state index in [9.17, 15) is 18.9 Å². The molecular weight excluding hydrogens is 442 g/mol. The molecule has 1 aliphatic heterocycles. The van der Waals surface area contributed by atoms with E-state index in [0.29, 0.717) is 17.7 Å². The molecule has 1 heterocycles. The molecule has 0 unspecified atom stereocenters. The highest BCUT2D eigenvalue weighted by molar-refractivity contribution is 7.93. The van der Waals surface area contributed by atoms with E-state index in [1.807, 2.05) is 79.7 Å². The van der Waals surface area contributed by atoms with Crippen molar-refractivity contribution in [3.8, 4) is 12.1 Å². The number of hydrogen-bond donors (Lipinski definition) is 0. The number of anilines is 1. The Morgan fingerprint density at radius 1 is 0.941 bits per heavy atom. The molecule has 0 amide bonds. The first kappa shape index (κ1) is 21.7. The third-order valence-corrected chi connectivity index (χ3v) is 8.55. The van der Waals surface area contributed by atoms with Crippen molar-refractivity contribution >= 4 is 15.7 Å². The normalized spacial score (nSPS) is 20.7. The molecule has 5 nitrogen and oxygen atoms in total. The van der Waals surface area contributed by atoms with Crippen LogP contribution >= 0.6 is 0 Å². The second kappa shape index (κ2) is 8.02. The van der Waals surface area contributed by atoms with Crippen LogP contribution in [0.2, 0.25) is 0 Å². The molecule has 166 valence electrons. The monoisotopic (exact) mass is 463 g/mol. The smallest absolute Gasteiger partial charge is 0.251 e. The highest BCUT2D eigenvalue weighted by Crippen LogP contribution is 2.60. The highest BCUT2D eigenvalue weighted by Gasteiger charge is 2.57. The van der Waals surface area contributed by atoms with E-state index >= 15 is 0 Å². The lowest BCUT2D eigenvalue weighted by atomic mass is 9.70. The van der Waals surface area contributed by atoms with E-state index in [-0.39, 0.29) is 16.4 Å². The summed E-state index contributed by atoms with van der Waals surface area (Å²) in [7, 11) is -3.96. The topological polar surface area (TPSA) is 85.0 Å². The van der Waals surface area contributed by atoms with Crippen LogP contribution in [0.4, 0.5) is 5.69 Å². The summed E-state index contributed by atoms with van der Waals surface area (Å²) in [5, 5.41) is 19.0. The number of fused-ring (bicyclic) bond motifs is 3. The van der Waals surface area contributed by atoms with E-state index in [1.54, 1.807) is 30.3 Å². The van der Waals surface area contributed by atoms with Gasteiger partial charge in [0.1, 0.15) is 23.3 Å². The van der Waals surface area contributed by atoms with Crippen molar-refractivity contribution in [3.05, 3.63) is 119 Å². The van der Waals surface area contributed by atoms with Crippen LogP contribution in [-0.2, 0) is 15.6 Å². The summed E-state index contributed by atoms with van der Waals surface area (Å²) in [6.07, 6.45) is 3.97. The van der Waals surface area contributed by atoms with Gasteiger partial charge in [0, 0.05) is 5.92 Å². The summed E-state index contributed by atoms with van der Waals surface area (Å²) in [6, 6.07) is 27.9. The molecule has 6 heteroatoms. The Hall–Kier alpha value is -4.13. The van der Waals surface area contributed by atoms with Crippen molar-refractivity contribution < 1.29 is 8.42 Å². The van der Waals surface area contributed by atoms with E-state index < -0.39 is 15.6 Å². The minimum absolute atomic E-state index is 0.0511. The first-order chi connectivity index (χ1) is 16.4. The molecular formula is C28H21N3O2S. The molecule has 0 bridgehead atoms. The first-order valence-electron chi connectivity index (χ1n) is 10.9. The van der Waals surface area contributed by atoms with Crippen LogP contribution in [0.15, 0.2) is 107 Å². The van der Waals surface area contributed by atoms with E-state index in [2.05, 4.69) is 0 Å². The molecule has 0 spiro atoms. The molecule has 0 radical (unpaired) electrons. The molecule has 1 aliphatic carbocycles. The van der Waals surface area contributed by atoms with Crippen LogP contribution in [0.25, 0.3) is 0 Å². The van der Waals surface area contributed by atoms with Crippen molar-refractivity contribution in [1.82, 2.24) is 0 Å². The second-order valence-corrected chi connectivity index (χ2v) is 10.3. The number of allylic oxidation sites excluding steroid dienone is 3. The van der Waals surface area contributed by atoms with Gasteiger partial charge in [-0.2, -0.15) is 10.5 Å². The van der Waals surface area contributed by atoms with Crippen molar-refractivity contribution in [2.75, 3.05) is 4.31 Å². The molecule has 5 rings (SSSR count). The number of rotatable bonds is 3. The third-order valence-electron chi connectivity index (χ3n) is 6.70. The van der Waals surface area contributed by atoms with E-state index in [4.69, 9.17) is 0 Å². The van der Waals surface area contributed by atoms with Crippen LogP contribution in [0.3, 0.4) is 0 Å². The fourth-order valence-corrected chi connectivity index (χ4v) is 6.94. The van der Waals surface area contributed by atoms with Gasteiger partial charge in [0.05, 0.1) is 10.6 Å². The predicted molar refractivity (Wildman–Crippen MR) is 130 cm³/mol. The maximum atomic E-state index is 14.2. The van der Waals surface area contributed by atoms with Crippen LogP contribution in [0.5, 0.6) is 0 Å². The summed E-state index contributed by atoms with van der Waals surface area (Å²) in [6.45, 7) is 1.92. The summed E-state index contributed by atoms with van der Waals surface area (Å²) in [5.74, 6) is -0.303. The predicted octanol–water partition coefficient (Wildman–Crippen LogP) is 5.49. The van der Waals surface area contributed by atoms with Crippen LogP contribution in [0.1, 0.15) is 29.0 Å². The molecule has 3 aromatic rings. The molecule has 0 fully saturated rings. The molecule has 2 atom stereocenters. The molecule has 0 saturated carbocycles. The number of aryl methyl sites for hydroxylation is 1. The minimum Gasteiger partial charge on any atom is -0.251 e. The first-order valence-corrected chi connectivity index (χ1v) is 12.4. The zero-order valence-electron chi connectivity index (χ0n) is 18.5. The lowest BCUT2D eigenvalue weighted by molar-refractivity contribution is 0.450. The number of para-hydroxylation sites is 1. The summed E-state index contributed by atoms with van der Waals surface area (Å²) < 4.78 is 30.0. The van der Waals surface area contributed by atoms with Gasteiger partial charge in [-0.3, -0.25) is 4.31 Å². The van der Waals surface area contributed by atoms with E-state index in [1.165, 1.54) is 4.31 Å². The molecule has 3 aromatic carbocycles. The zero-order chi connectivity index (χ0) is 23.9. The average molecular weight is 464 g/mol. The Bertz CT molecular complexity index is 1510. The third kappa shape index (κ3) is 3.08. The number of nitrogens with zero attached hydrogens (tertiary/aromatic N) is 3. The average Bonchev–Trinajstić information content (AvgIpc) is 3.17. The van der Waals surface area contributed by atoms with Gasteiger partial charge in [-0.15, -0.1) is 0 Å². The lowest BCUT2D eigenvalue weighted by Gasteiger charge is -2.43. The second-order valence-electron chi connectivity index (χ2n) is 8.55.